The van der Waals surface area contributed by atoms with E-state index >= 15 is 0 Å². The summed E-state index contributed by atoms with van der Waals surface area (Å²) >= 11 is 1.47. The van der Waals surface area contributed by atoms with E-state index in [9.17, 15) is 0 Å². The fourth-order valence-corrected chi connectivity index (χ4v) is 1.98. The van der Waals surface area contributed by atoms with Gasteiger partial charge in [-0.25, -0.2) is 14.6 Å². The molecule has 2 heterocycles. The highest BCUT2D eigenvalue weighted by Crippen LogP contribution is 2.25. The highest BCUT2D eigenvalue weighted by molar-refractivity contribution is 7.99. The molecule has 5 nitrogen and oxygen atoms in total. The Morgan fingerprint density at radius 3 is 3.00 bits per heavy atom. The van der Waals surface area contributed by atoms with Gasteiger partial charge < -0.3 is 5.73 Å². The molecule has 0 spiro atoms. The van der Waals surface area contributed by atoms with E-state index in [-0.39, 0.29) is 0 Å². The third-order valence-electron chi connectivity index (χ3n) is 1.93. The minimum absolute atomic E-state index is 0.480. The maximum absolute atomic E-state index is 5.62. The predicted molar refractivity (Wildman–Crippen MR) is 57.3 cm³/mol. The van der Waals surface area contributed by atoms with E-state index in [0.717, 1.165) is 15.7 Å². The summed E-state index contributed by atoms with van der Waals surface area (Å²) in [6.07, 6.45) is 3.27. The molecule has 2 aromatic heterocycles. The second-order valence-electron chi connectivity index (χ2n) is 2.94. The Bertz CT molecular complexity index is 453. The smallest absolute Gasteiger partial charge is 0.192 e. The lowest BCUT2D eigenvalue weighted by Crippen LogP contribution is -2.00. The van der Waals surface area contributed by atoms with E-state index in [1.165, 1.54) is 18.1 Å². The molecule has 0 aliphatic carbocycles. The lowest BCUT2D eigenvalue weighted by Gasteiger charge is -2.04. The normalized spacial score (nSPS) is 10.5. The quantitative estimate of drug-likeness (QED) is 0.831. The first kappa shape index (κ1) is 10.1. The molecule has 0 saturated heterocycles. The van der Waals surface area contributed by atoms with Crippen LogP contribution < -0.4 is 5.73 Å². The average molecular weight is 221 g/mol. The third-order valence-corrected chi connectivity index (χ3v) is 3.04. The predicted octanol–water partition coefficient (Wildman–Crippen LogP) is 0.820. The second kappa shape index (κ2) is 4.41. The summed E-state index contributed by atoms with van der Waals surface area (Å²) in [5.74, 6) is 0. The van der Waals surface area contributed by atoms with Crippen LogP contribution in [0.25, 0.3) is 0 Å². The molecule has 0 radical (unpaired) electrons. The van der Waals surface area contributed by atoms with Crippen molar-refractivity contribution in [3.8, 4) is 0 Å². The first-order chi connectivity index (χ1) is 7.31. The first-order valence-electron chi connectivity index (χ1n) is 4.47. The summed E-state index contributed by atoms with van der Waals surface area (Å²) in [5.41, 5.74) is 6.64. The molecule has 0 aliphatic heterocycles. The van der Waals surface area contributed by atoms with Crippen molar-refractivity contribution in [3.05, 3.63) is 30.2 Å². The molecule has 0 atom stereocenters. The zero-order chi connectivity index (χ0) is 10.7. The molecular formula is C9H11N5S. The Hall–Kier alpha value is -1.40. The van der Waals surface area contributed by atoms with Crippen LogP contribution in [0.2, 0.25) is 0 Å². The number of nitrogens with two attached hydrogens (primary N) is 1. The van der Waals surface area contributed by atoms with Gasteiger partial charge in [0.1, 0.15) is 11.4 Å². The lowest BCUT2D eigenvalue weighted by molar-refractivity contribution is 0.684. The van der Waals surface area contributed by atoms with Crippen LogP contribution in [0.5, 0.6) is 0 Å². The highest BCUT2D eigenvalue weighted by Gasteiger charge is 2.07. The summed E-state index contributed by atoms with van der Waals surface area (Å²) in [4.78, 5) is 8.39. The molecule has 2 aromatic rings. The van der Waals surface area contributed by atoms with E-state index < -0.39 is 0 Å². The van der Waals surface area contributed by atoms with Crippen molar-refractivity contribution < 1.29 is 0 Å². The molecule has 0 aliphatic rings. The van der Waals surface area contributed by atoms with Crippen LogP contribution in [-0.4, -0.2) is 19.7 Å². The molecule has 15 heavy (non-hydrogen) atoms. The average Bonchev–Trinajstić information content (AvgIpc) is 2.65. The first-order valence-corrected chi connectivity index (χ1v) is 5.28. The molecule has 78 valence electrons. The monoisotopic (exact) mass is 221 g/mol. The summed E-state index contributed by atoms with van der Waals surface area (Å²) in [6, 6.07) is 3.84. The van der Waals surface area contributed by atoms with Crippen molar-refractivity contribution in [1.82, 2.24) is 19.7 Å². The number of rotatable bonds is 3. The Kier molecular flexibility index (Phi) is 2.98. The van der Waals surface area contributed by atoms with Crippen molar-refractivity contribution in [2.24, 2.45) is 12.8 Å². The summed E-state index contributed by atoms with van der Waals surface area (Å²) in [7, 11) is 1.85. The molecule has 0 aromatic carbocycles. The van der Waals surface area contributed by atoms with Crippen LogP contribution in [0.1, 0.15) is 5.56 Å². The largest absolute Gasteiger partial charge is 0.326 e. The topological polar surface area (TPSA) is 69.6 Å². The fraction of sp³-hybridized carbons (Fsp3) is 0.222. The van der Waals surface area contributed by atoms with Gasteiger partial charge in [-0.3, -0.25) is 0 Å². The molecule has 0 bridgehead atoms. The van der Waals surface area contributed by atoms with Gasteiger partial charge in [-0.15, -0.1) is 0 Å². The van der Waals surface area contributed by atoms with Gasteiger partial charge in [-0.1, -0.05) is 6.07 Å². The molecule has 0 unspecified atom stereocenters. The van der Waals surface area contributed by atoms with Gasteiger partial charge >= 0.3 is 0 Å². The number of hydrogen-bond donors (Lipinski definition) is 1. The van der Waals surface area contributed by atoms with Crippen molar-refractivity contribution in [3.63, 3.8) is 0 Å². The molecular weight excluding hydrogens is 210 g/mol. The fourth-order valence-electron chi connectivity index (χ4n) is 1.14. The van der Waals surface area contributed by atoms with Crippen molar-refractivity contribution in [2.75, 3.05) is 0 Å². The standard InChI is InChI=1S/C9H11N5S/c1-14-9(12-6-13-14)15-8-7(5-10)3-2-4-11-8/h2-4,6H,5,10H2,1H3. The molecule has 6 heteroatoms. The molecule has 0 amide bonds. The van der Waals surface area contributed by atoms with Gasteiger partial charge in [-0.2, -0.15) is 5.10 Å². The number of aromatic nitrogens is 4. The van der Waals surface area contributed by atoms with Gasteiger partial charge in [0, 0.05) is 19.8 Å². The van der Waals surface area contributed by atoms with Crippen LogP contribution in [0.4, 0.5) is 0 Å². The zero-order valence-corrected chi connectivity index (χ0v) is 9.11. The zero-order valence-electron chi connectivity index (χ0n) is 8.29. The SMILES string of the molecule is Cn1ncnc1Sc1ncccc1CN. The maximum atomic E-state index is 5.62. The molecule has 0 fully saturated rings. The van der Waals surface area contributed by atoms with E-state index in [0.29, 0.717) is 6.54 Å². The van der Waals surface area contributed by atoms with Crippen LogP contribution in [0.15, 0.2) is 34.8 Å². The van der Waals surface area contributed by atoms with Crippen molar-refractivity contribution >= 4 is 11.8 Å². The van der Waals surface area contributed by atoms with Gasteiger partial charge in [-0.05, 0) is 23.4 Å². The Morgan fingerprint density at radius 2 is 2.33 bits per heavy atom. The molecule has 2 rings (SSSR count). The number of nitrogens with zero attached hydrogens (tertiary/aromatic N) is 4. The van der Waals surface area contributed by atoms with Crippen molar-refractivity contribution in [1.29, 1.82) is 0 Å². The minimum atomic E-state index is 0.480. The molecule has 2 N–H and O–H groups in total. The Labute approximate surface area is 91.7 Å². The summed E-state index contributed by atoms with van der Waals surface area (Å²) in [6.45, 7) is 0.480. The minimum Gasteiger partial charge on any atom is -0.326 e. The molecule has 0 saturated carbocycles. The number of aryl methyl sites for hydroxylation is 1. The number of pyridine rings is 1. The third kappa shape index (κ3) is 2.16. The van der Waals surface area contributed by atoms with E-state index in [4.69, 9.17) is 5.73 Å². The van der Waals surface area contributed by atoms with Crippen LogP contribution in [0, 0.1) is 0 Å². The van der Waals surface area contributed by atoms with E-state index in [1.54, 1.807) is 10.9 Å². The second-order valence-corrected chi connectivity index (χ2v) is 3.90. The number of hydrogen-bond acceptors (Lipinski definition) is 5. The van der Waals surface area contributed by atoms with Crippen LogP contribution in [-0.2, 0) is 13.6 Å². The van der Waals surface area contributed by atoms with Gasteiger partial charge in [0.05, 0.1) is 0 Å². The highest BCUT2D eigenvalue weighted by atomic mass is 32.2. The van der Waals surface area contributed by atoms with E-state index in [2.05, 4.69) is 15.1 Å². The Morgan fingerprint density at radius 1 is 1.47 bits per heavy atom. The van der Waals surface area contributed by atoms with E-state index in [1.807, 2.05) is 19.2 Å². The summed E-state index contributed by atoms with van der Waals surface area (Å²) < 4.78 is 1.71. The van der Waals surface area contributed by atoms with Crippen LogP contribution >= 0.6 is 11.8 Å². The van der Waals surface area contributed by atoms with Gasteiger partial charge in [0.2, 0.25) is 0 Å². The lowest BCUT2D eigenvalue weighted by atomic mass is 10.3. The Balaban J connectivity index is 2.28. The van der Waals surface area contributed by atoms with Crippen LogP contribution in [0.3, 0.4) is 0 Å². The maximum Gasteiger partial charge on any atom is 0.192 e. The van der Waals surface area contributed by atoms with Crippen molar-refractivity contribution in [2.45, 2.75) is 16.7 Å². The summed E-state index contributed by atoms with van der Waals surface area (Å²) in [5, 5.41) is 5.69. The van der Waals surface area contributed by atoms with Gasteiger partial charge in [0.25, 0.3) is 0 Å². The van der Waals surface area contributed by atoms with Gasteiger partial charge in [0.15, 0.2) is 5.16 Å².